The van der Waals surface area contributed by atoms with Gasteiger partial charge in [-0.15, -0.1) is 0 Å². The molecule has 1 atom stereocenters. The number of rotatable bonds is 7. The van der Waals surface area contributed by atoms with Crippen LogP contribution < -0.4 is 16.0 Å². The lowest BCUT2D eigenvalue weighted by Crippen LogP contribution is -2.49. The van der Waals surface area contributed by atoms with E-state index in [1.165, 1.54) is 4.90 Å². The molecule has 1 unspecified atom stereocenters. The number of carbonyl (C=O) groups is 2. The number of amides is 2. The minimum absolute atomic E-state index is 0.0488. The second kappa shape index (κ2) is 9.27. The first kappa shape index (κ1) is 20.2. The highest BCUT2D eigenvalue weighted by Gasteiger charge is 2.26. The van der Waals surface area contributed by atoms with Crippen LogP contribution >= 0.6 is 0 Å². The molecule has 0 saturated heterocycles. The molecule has 0 bridgehead atoms. The molecule has 0 aromatic carbocycles. The van der Waals surface area contributed by atoms with Crippen LogP contribution in [-0.2, 0) is 9.59 Å². The highest BCUT2D eigenvalue weighted by Crippen LogP contribution is 2.12. The number of nitrogens with zero attached hydrogens (tertiary/aromatic N) is 2. The van der Waals surface area contributed by atoms with E-state index in [0.29, 0.717) is 12.5 Å². The second-order valence-electron chi connectivity index (χ2n) is 6.22. The second-order valence-corrected chi connectivity index (χ2v) is 6.22. The molecule has 0 spiro atoms. The van der Waals surface area contributed by atoms with Crippen molar-refractivity contribution < 1.29 is 9.59 Å². The summed E-state index contributed by atoms with van der Waals surface area (Å²) in [6.45, 7) is 8.29. The van der Waals surface area contributed by atoms with E-state index >= 15 is 0 Å². The Labute approximate surface area is 133 Å². The van der Waals surface area contributed by atoms with Crippen molar-refractivity contribution in [3.63, 3.8) is 0 Å². The molecular formula is C15H31N5O2. The van der Waals surface area contributed by atoms with Crippen molar-refractivity contribution in [1.29, 1.82) is 0 Å². The Balaban J connectivity index is 4.83. The molecule has 3 N–H and O–H groups in total. The molecule has 0 aliphatic heterocycles. The zero-order chi connectivity index (χ0) is 17.3. The van der Waals surface area contributed by atoms with Gasteiger partial charge >= 0.3 is 0 Å². The van der Waals surface area contributed by atoms with E-state index in [4.69, 9.17) is 0 Å². The molecule has 7 heteroatoms. The van der Waals surface area contributed by atoms with E-state index < -0.39 is 5.41 Å². The molecular weight excluding hydrogens is 282 g/mol. The first-order valence-electron chi connectivity index (χ1n) is 7.61. The number of nitrogens with one attached hydrogen (secondary N) is 3. The Bertz CT molecular complexity index is 405. The Morgan fingerprint density at radius 1 is 1.27 bits per heavy atom. The third kappa shape index (κ3) is 7.28. The smallest absolute Gasteiger partial charge is 0.243 e. The molecule has 0 aliphatic rings. The van der Waals surface area contributed by atoms with Gasteiger partial charge in [-0.05, 0) is 27.2 Å². The summed E-state index contributed by atoms with van der Waals surface area (Å²) in [6, 6.07) is 0.226. The van der Waals surface area contributed by atoms with Gasteiger partial charge in [-0.25, -0.2) is 4.99 Å². The fourth-order valence-corrected chi connectivity index (χ4v) is 1.50. The summed E-state index contributed by atoms with van der Waals surface area (Å²) in [5.74, 6) is 0.421. The molecule has 0 aromatic rings. The van der Waals surface area contributed by atoms with E-state index in [0.717, 1.165) is 6.42 Å². The van der Waals surface area contributed by atoms with Crippen LogP contribution in [0.2, 0.25) is 0 Å². The Kier molecular flexibility index (Phi) is 8.52. The molecule has 0 aliphatic carbocycles. The van der Waals surface area contributed by atoms with Crippen molar-refractivity contribution in [1.82, 2.24) is 20.9 Å². The molecule has 7 nitrogen and oxygen atoms in total. The summed E-state index contributed by atoms with van der Waals surface area (Å²) in [7, 11) is 5.01. The predicted molar refractivity (Wildman–Crippen MR) is 89.7 cm³/mol. The van der Waals surface area contributed by atoms with Crippen LogP contribution in [0.4, 0.5) is 0 Å². The van der Waals surface area contributed by atoms with E-state index in [9.17, 15) is 9.59 Å². The van der Waals surface area contributed by atoms with Gasteiger partial charge in [0.1, 0.15) is 6.54 Å². The van der Waals surface area contributed by atoms with Crippen molar-refractivity contribution in [2.45, 2.75) is 40.2 Å². The third-order valence-electron chi connectivity index (χ3n) is 3.41. The average molecular weight is 313 g/mol. The molecule has 0 fully saturated rings. The van der Waals surface area contributed by atoms with Gasteiger partial charge in [0.15, 0.2) is 5.96 Å². The van der Waals surface area contributed by atoms with E-state index in [1.54, 1.807) is 21.1 Å². The predicted octanol–water partition coefficient (Wildman–Crippen LogP) is 0.181. The molecule has 128 valence electrons. The van der Waals surface area contributed by atoms with Crippen LogP contribution in [0.1, 0.15) is 34.1 Å². The van der Waals surface area contributed by atoms with Crippen molar-refractivity contribution in [3.05, 3.63) is 0 Å². The fourth-order valence-electron chi connectivity index (χ4n) is 1.50. The van der Waals surface area contributed by atoms with Crippen molar-refractivity contribution in [2.75, 3.05) is 34.2 Å². The van der Waals surface area contributed by atoms with Gasteiger partial charge in [0.2, 0.25) is 11.8 Å². The van der Waals surface area contributed by atoms with E-state index in [1.807, 2.05) is 20.8 Å². The maximum absolute atomic E-state index is 11.8. The SMILES string of the molecule is CCC(C)NC(=NCC(=O)N(C)C)NCC(C)(C)C(=O)NC. The zero-order valence-electron chi connectivity index (χ0n) is 14.9. The van der Waals surface area contributed by atoms with Crippen molar-refractivity contribution >= 4 is 17.8 Å². The summed E-state index contributed by atoms with van der Waals surface area (Å²) >= 11 is 0. The number of hydrogen-bond donors (Lipinski definition) is 3. The van der Waals surface area contributed by atoms with Crippen LogP contribution in [-0.4, -0.2) is 62.9 Å². The monoisotopic (exact) mass is 313 g/mol. The van der Waals surface area contributed by atoms with E-state index in [-0.39, 0.29) is 24.4 Å². The van der Waals surface area contributed by atoms with Gasteiger partial charge in [-0.2, -0.15) is 0 Å². The standard InChI is InChI=1S/C15H31N5O2/c1-8-11(2)19-14(17-9-12(21)20(6)7)18-10-15(3,4)13(22)16-5/h11H,8-10H2,1-7H3,(H,16,22)(H2,17,18,19). The lowest BCUT2D eigenvalue weighted by atomic mass is 9.92. The Morgan fingerprint density at radius 3 is 2.32 bits per heavy atom. The van der Waals surface area contributed by atoms with Gasteiger partial charge in [0, 0.05) is 33.7 Å². The fraction of sp³-hybridized carbons (Fsp3) is 0.800. The van der Waals surface area contributed by atoms with Gasteiger partial charge < -0.3 is 20.9 Å². The summed E-state index contributed by atoms with van der Waals surface area (Å²) in [6.07, 6.45) is 0.932. The number of hydrogen-bond acceptors (Lipinski definition) is 3. The average Bonchev–Trinajstić information content (AvgIpc) is 2.48. The minimum Gasteiger partial charge on any atom is -0.359 e. The summed E-state index contributed by atoms with van der Waals surface area (Å²) in [5.41, 5.74) is -0.571. The number of likely N-dealkylation sites (N-methyl/N-ethyl adjacent to an activating group) is 1. The summed E-state index contributed by atoms with van der Waals surface area (Å²) in [5, 5.41) is 9.02. The minimum atomic E-state index is -0.571. The highest BCUT2D eigenvalue weighted by atomic mass is 16.2. The zero-order valence-corrected chi connectivity index (χ0v) is 14.9. The van der Waals surface area contributed by atoms with Crippen molar-refractivity contribution in [2.24, 2.45) is 10.4 Å². The van der Waals surface area contributed by atoms with E-state index in [2.05, 4.69) is 27.9 Å². The lowest BCUT2D eigenvalue weighted by Gasteiger charge is -2.25. The normalized spacial score (nSPS) is 13.3. The molecule has 0 saturated carbocycles. The highest BCUT2D eigenvalue weighted by molar-refractivity contribution is 5.86. The number of aliphatic imine (C=N–C) groups is 1. The summed E-state index contributed by atoms with van der Waals surface area (Å²) in [4.78, 5) is 29.3. The lowest BCUT2D eigenvalue weighted by molar-refractivity contribution is -0.128. The van der Waals surface area contributed by atoms with Crippen LogP contribution in [0.15, 0.2) is 4.99 Å². The van der Waals surface area contributed by atoms with Crippen LogP contribution in [0.5, 0.6) is 0 Å². The molecule has 0 rings (SSSR count). The molecule has 0 aromatic heterocycles. The largest absolute Gasteiger partial charge is 0.359 e. The number of carbonyl (C=O) groups excluding carboxylic acids is 2. The molecule has 0 radical (unpaired) electrons. The molecule has 22 heavy (non-hydrogen) atoms. The van der Waals surface area contributed by atoms with Gasteiger partial charge in [-0.3, -0.25) is 9.59 Å². The van der Waals surface area contributed by atoms with Crippen LogP contribution in [0, 0.1) is 5.41 Å². The Morgan fingerprint density at radius 2 is 1.86 bits per heavy atom. The van der Waals surface area contributed by atoms with Crippen molar-refractivity contribution in [3.8, 4) is 0 Å². The quantitative estimate of drug-likeness (QED) is 0.462. The maximum Gasteiger partial charge on any atom is 0.243 e. The van der Waals surface area contributed by atoms with Gasteiger partial charge in [0.05, 0.1) is 5.41 Å². The van der Waals surface area contributed by atoms with Gasteiger partial charge in [0.25, 0.3) is 0 Å². The molecule has 2 amide bonds. The third-order valence-corrected chi connectivity index (χ3v) is 3.41. The molecule has 0 heterocycles. The maximum atomic E-state index is 11.8. The topological polar surface area (TPSA) is 85.8 Å². The first-order valence-corrected chi connectivity index (χ1v) is 7.61. The van der Waals surface area contributed by atoms with Crippen LogP contribution in [0.3, 0.4) is 0 Å². The summed E-state index contributed by atoms with van der Waals surface area (Å²) < 4.78 is 0. The van der Waals surface area contributed by atoms with Crippen LogP contribution in [0.25, 0.3) is 0 Å². The number of guanidine groups is 1. The Hall–Kier alpha value is -1.79. The first-order chi connectivity index (χ1) is 10.1. The van der Waals surface area contributed by atoms with Gasteiger partial charge in [-0.1, -0.05) is 6.92 Å².